The molecule has 0 spiro atoms. The molecule has 1 aromatic rings. The molecule has 1 atom stereocenters. The molecule has 0 fully saturated rings. The van der Waals surface area contributed by atoms with Crippen molar-refractivity contribution in [1.29, 1.82) is 0 Å². The molecule has 0 saturated heterocycles. The van der Waals surface area contributed by atoms with Crippen LogP contribution in [0.5, 0.6) is 0 Å². The van der Waals surface area contributed by atoms with Crippen LogP contribution in [0, 0.1) is 0 Å². The zero-order valence-corrected chi connectivity index (χ0v) is 9.53. The van der Waals surface area contributed by atoms with Gasteiger partial charge in [0, 0.05) is 6.61 Å². The zero-order valence-electron chi connectivity index (χ0n) is 9.53. The standard InChI is InChI=1S/C13H17NO2/c1-2-16-9-13(15)14-12-8-7-10-5-3-4-6-11(10)12/h3-6,12H,2,7-9H2,1H3,(H,14,15). The van der Waals surface area contributed by atoms with Crippen molar-refractivity contribution in [2.45, 2.75) is 25.8 Å². The molecule has 2 rings (SSSR count). The van der Waals surface area contributed by atoms with Gasteiger partial charge in [0.2, 0.25) is 5.91 Å². The molecule has 1 N–H and O–H groups in total. The van der Waals surface area contributed by atoms with Gasteiger partial charge >= 0.3 is 0 Å². The molecule has 0 bridgehead atoms. The van der Waals surface area contributed by atoms with E-state index in [2.05, 4.69) is 17.4 Å². The number of aryl methyl sites for hydroxylation is 1. The van der Waals surface area contributed by atoms with Crippen molar-refractivity contribution in [3.63, 3.8) is 0 Å². The maximum atomic E-state index is 11.5. The fourth-order valence-corrected chi connectivity index (χ4v) is 2.14. The Morgan fingerprint density at radius 3 is 3.12 bits per heavy atom. The average molecular weight is 219 g/mol. The van der Waals surface area contributed by atoms with Crippen LogP contribution in [0.2, 0.25) is 0 Å². The van der Waals surface area contributed by atoms with Crippen LogP contribution in [0.1, 0.15) is 30.5 Å². The highest BCUT2D eigenvalue weighted by Crippen LogP contribution is 2.30. The van der Waals surface area contributed by atoms with E-state index in [1.807, 2.05) is 19.1 Å². The highest BCUT2D eigenvalue weighted by atomic mass is 16.5. The summed E-state index contributed by atoms with van der Waals surface area (Å²) in [4.78, 5) is 11.5. The molecular formula is C13H17NO2. The monoisotopic (exact) mass is 219 g/mol. The summed E-state index contributed by atoms with van der Waals surface area (Å²) >= 11 is 0. The highest BCUT2D eigenvalue weighted by Gasteiger charge is 2.22. The Balaban J connectivity index is 1.95. The van der Waals surface area contributed by atoms with Gasteiger partial charge in [0.25, 0.3) is 0 Å². The number of hydrogen-bond acceptors (Lipinski definition) is 2. The summed E-state index contributed by atoms with van der Waals surface area (Å²) in [6, 6.07) is 8.46. The number of fused-ring (bicyclic) bond motifs is 1. The number of carbonyl (C=O) groups excluding carboxylic acids is 1. The van der Waals surface area contributed by atoms with Gasteiger partial charge in [-0.05, 0) is 30.9 Å². The summed E-state index contributed by atoms with van der Waals surface area (Å²) in [5.41, 5.74) is 2.61. The lowest BCUT2D eigenvalue weighted by Gasteiger charge is -2.13. The first-order chi connectivity index (χ1) is 7.81. The molecule has 0 heterocycles. The summed E-state index contributed by atoms with van der Waals surface area (Å²) in [7, 11) is 0. The van der Waals surface area contributed by atoms with E-state index < -0.39 is 0 Å². The molecule has 3 heteroatoms. The fourth-order valence-electron chi connectivity index (χ4n) is 2.14. The van der Waals surface area contributed by atoms with Crippen LogP contribution in [-0.2, 0) is 16.0 Å². The second-order valence-electron chi connectivity index (χ2n) is 3.99. The Morgan fingerprint density at radius 1 is 1.50 bits per heavy atom. The lowest BCUT2D eigenvalue weighted by Crippen LogP contribution is -2.30. The van der Waals surface area contributed by atoms with Crippen LogP contribution in [-0.4, -0.2) is 19.1 Å². The predicted molar refractivity (Wildman–Crippen MR) is 62.1 cm³/mol. The number of hydrogen-bond donors (Lipinski definition) is 1. The quantitative estimate of drug-likeness (QED) is 0.839. The van der Waals surface area contributed by atoms with E-state index in [1.54, 1.807) is 0 Å². The topological polar surface area (TPSA) is 38.3 Å². The van der Waals surface area contributed by atoms with Crippen molar-refractivity contribution < 1.29 is 9.53 Å². The lowest BCUT2D eigenvalue weighted by atomic mass is 10.1. The second-order valence-corrected chi connectivity index (χ2v) is 3.99. The number of amides is 1. The fraction of sp³-hybridized carbons (Fsp3) is 0.462. The molecule has 0 aromatic heterocycles. The molecule has 1 unspecified atom stereocenters. The first-order valence-electron chi connectivity index (χ1n) is 5.76. The van der Waals surface area contributed by atoms with Crippen LogP contribution >= 0.6 is 0 Å². The van der Waals surface area contributed by atoms with Crippen molar-refractivity contribution in [3.05, 3.63) is 35.4 Å². The van der Waals surface area contributed by atoms with E-state index in [0.29, 0.717) is 6.61 Å². The number of benzene rings is 1. The third-order valence-electron chi connectivity index (χ3n) is 2.91. The van der Waals surface area contributed by atoms with Crippen molar-refractivity contribution >= 4 is 5.91 Å². The second kappa shape index (κ2) is 5.12. The highest BCUT2D eigenvalue weighted by molar-refractivity contribution is 5.77. The number of ether oxygens (including phenoxy) is 1. The summed E-state index contributed by atoms with van der Waals surface area (Å²) < 4.78 is 5.08. The van der Waals surface area contributed by atoms with Crippen molar-refractivity contribution in [2.24, 2.45) is 0 Å². The Hall–Kier alpha value is -1.35. The lowest BCUT2D eigenvalue weighted by molar-refractivity contribution is -0.126. The molecule has 1 amide bonds. The van der Waals surface area contributed by atoms with Crippen LogP contribution in [0.15, 0.2) is 24.3 Å². The number of nitrogens with one attached hydrogen (secondary N) is 1. The first kappa shape index (κ1) is 11.1. The molecule has 0 aliphatic heterocycles. The molecular weight excluding hydrogens is 202 g/mol. The third-order valence-corrected chi connectivity index (χ3v) is 2.91. The van der Waals surface area contributed by atoms with Crippen molar-refractivity contribution in [2.75, 3.05) is 13.2 Å². The van der Waals surface area contributed by atoms with E-state index in [4.69, 9.17) is 4.74 Å². The minimum Gasteiger partial charge on any atom is -0.372 e. The Kier molecular flexibility index (Phi) is 3.57. The summed E-state index contributed by atoms with van der Waals surface area (Å²) in [5.74, 6) is -0.0245. The maximum absolute atomic E-state index is 11.5. The van der Waals surface area contributed by atoms with Gasteiger partial charge in [0.15, 0.2) is 0 Å². The van der Waals surface area contributed by atoms with E-state index in [-0.39, 0.29) is 18.6 Å². The molecule has 1 aliphatic rings. The van der Waals surface area contributed by atoms with Gasteiger partial charge in [-0.2, -0.15) is 0 Å². The van der Waals surface area contributed by atoms with E-state index >= 15 is 0 Å². The van der Waals surface area contributed by atoms with E-state index in [9.17, 15) is 4.79 Å². The van der Waals surface area contributed by atoms with E-state index in [1.165, 1.54) is 11.1 Å². The van der Waals surface area contributed by atoms with Gasteiger partial charge in [0.1, 0.15) is 6.61 Å². The SMILES string of the molecule is CCOCC(=O)NC1CCc2ccccc21. The third kappa shape index (κ3) is 2.42. The average Bonchev–Trinajstić information content (AvgIpc) is 2.70. The van der Waals surface area contributed by atoms with Gasteiger partial charge in [0.05, 0.1) is 6.04 Å². The first-order valence-corrected chi connectivity index (χ1v) is 5.76. The van der Waals surface area contributed by atoms with Crippen LogP contribution in [0.3, 0.4) is 0 Å². The summed E-state index contributed by atoms with van der Waals surface area (Å²) in [5, 5.41) is 3.01. The van der Waals surface area contributed by atoms with Crippen molar-refractivity contribution in [3.8, 4) is 0 Å². The largest absolute Gasteiger partial charge is 0.372 e. The number of rotatable bonds is 4. The van der Waals surface area contributed by atoms with Crippen LogP contribution in [0.25, 0.3) is 0 Å². The molecule has 0 saturated carbocycles. The Bertz CT molecular complexity index is 376. The molecule has 3 nitrogen and oxygen atoms in total. The summed E-state index contributed by atoms with van der Waals surface area (Å²) in [6.07, 6.45) is 2.05. The minimum absolute atomic E-state index is 0.0245. The zero-order chi connectivity index (χ0) is 11.4. The predicted octanol–water partition coefficient (Wildman–Crippen LogP) is 1.83. The summed E-state index contributed by atoms with van der Waals surface area (Å²) in [6.45, 7) is 2.63. The van der Waals surface area contributed by atoms with Gasteiger partial charge in [-0.25, -0.2) is 0 Å². The normalized spacial score (nSPS) is 18.2. The molecule has 0 radical (unpaired) electrons. The molecule has 1 aliphatic carbocycles. The van der Waals surface area contributed by atoms with Crippen LogP contribution in [0.4, 0.5) is 0 Å². The molecule has 16 heavy (non-hydrogen) atoms. The minimum atomic E-state index is -0.0245. The Labute approximate surface area is 95.8 Å². The van der Waals surface area contributed by atoms with Gasteiger partial charge < -0.3 is 10.1 Å². The van der Waals surface area contributed by atoms with Crippen molar-refractivity contribution in [1.82, 2.24) is 5.32 Å². The maximum Gasteiger partial charge on any atom is 0.246 e. The van der Waals surface area contributed by atoms with Gasteiger partial charge in [-0.1, -0.05) is 24.3 Å². The van der Waals surface area contributed by atoms with Gasteiger partial charge in [-0.15, -0.1) is 0 Å². The van der Waals surface area contributed by atoms with Gasteiger partial charge in [-0.3, -0.25) is 4.79 Å². The molecule has 1 aromatic carbocycles. The smallest absolute Gasteiger partial charge is 0.246 e. The number of carbonyl (C=O) groups is 1. The Morgan fingerprint density at radius 2 is 2.31 bits per heavy atom. The molecule has 86 valence electrons. The van der Waals surface area contributed by atoms with E-state index in [0.717, 1.165) is 12.8 Å². The van der Waals surface area contributed by atoms with Crippen LogP contribution < -0.4 is 5.32 Å².